The number of fused-ring (bicyclic) bond motifs is 3. The number of hydrogen-bond acceptors (Lipinski definition) is 8. The van der Waals surface area contributed by atoms with E-state index in [2.05, 4.69) is 6.08 Å². The van der Waals surface area contributed by atoms with E-state index in [1.807, 2.05) is 91.0 Å². The Bertz CT molecular complexity index is 2220. The Morgan fingerprint density at radius 1 is 0.915 bits per heavy atom. The molecule has 1 amide bonds. The number of allylic oxidation sites excluding steroid dienone is 2. The van der Waals surface area contributed by atoms with Gasteiger partial charge in [-0.25, -0.2) is 4.98 Å². The summed E-state index contributed by atoms with van der Waals surface area (Å²) in [6.45, 7) is 0.126. The van der Waals surface area contributed by atoms with Gasteiger partial charge in [0.2, 0.25) is 13.3 Å². The van der Waals surface area contributed by atoms with Crippen LogP contribution in [-0.2, 0) is 29.8 Å². The average molecular weight is 819 g/mol. The molecule has 0 radical (unpaired) electrons. The Balaban J connectivity index is 1.13. The van der Waals surface area contributed by atoms with Crippen molar-refractivity contribution in [1.82, 2.24) is 9.88 Å². The van der Waals surface area contributed by atoms with Gasteiger partial charge in [-0.2, -0.15) is 0 Å². The molecule has 2 saturated carbocycles. The maximum Gasteiger partial charge on any atom is 0.306 e. The summed E-state index contributed by atoms with van der Waals surface area (Å²) in [6, 6.07) is 25.7. The van der Waals surface area contributed by atoms with E-state index in [1.165, 1.54) is 0 Å². The molecule has 59 heavy (non-hydrogen) atoms. The molecule has 4 aliphatic rings. The number of benzene rings is 3. The molecule has 3 aromatic carbocycles. The van der Waals surface area contributed by atoms with Gasteiger partial charge in [-0.15, -0.1) is 0 Å². The van der Waals surface area contributed by atoms with Gasteiger partial charge in [-0.05, 0) is 75.0 Å². The Labute approximate surface area is 346 Å². The van der Waals surface area contributed by atoms with Crippen molar-refractivity contribution in [2.75, 3.05) is 13.7 Å². The highest BCUT2D eigenvalue weighted by Gasteiger charge is 2.65. The van der Waals surface area contributed by atoms with Crippen LogP contribution in [0.25, 0.3) is 22.2 Å². The quantitative estimate of drug-likeness (QED) is 0.0944. The number of amides is 1. The summed E-state index contributed by atoms with van der Waals surface area (Å²) >= 11 is 0. The number of nitrogens with zero attached hydrogens (tertiary/aromatic N) is 2. The van der Waals surface area contributed by atoms with Gasteiger partial charge in [0.15, 0.2) is 5.78 Å². The van der Waals surface area contributed by atoms with Crippen LogP contribution < -0.4 is 9.47 Å². The fourth-order valence-electron chi connectivity index (χ4n) is 9.55. The van der Waals surface area contributed by atoms with Crippen LogP contribution in [0.3, 0.4) is 0 Å². The van der Waals surface area contributed by atoms with Crippen molar-refractivity contribution in [2.45, 2.75) is 113 Å². The number of pyridine rings is 1. The summed E-state index contributed by atoms with van der Waals surface area (Å²) in [5.74, 6) is -0.563. The molecule has 0 bridgehead atoms. The molecule has 1 saturated heterocycles. The summed E-state index contributed by atoms with van der Waals surface area (Å²) in [6.07, 6.45) is 11.4. The fraction of sp³-hybridized carbons (Fsp3) is 0.458. The van der Waals surface area contributed by atoms with Crippen molar-refractivity contribution >= 4 is 35.9 Å². The number of ether oxygens (including phenoxy) is 3. The lowest BCUT2D eigenvalue weighted by Gasteiger charge is -2.30. The van der Waals surface area contributed by atoms with E-state index in [9.17, 15) is 23.8 Å². The molecule has 4 aromatic rings. The maximum absolute atomic E-state index is 14.9. The highest BCUT2D eigenvalue weighted by Crippen LogP contribution is 2.74. The maximum atomic E-state index is 14.9. The first-order valence-corrected chi connectivity index (χ1v) is 23.2. The molecule has 1 aromatic heterocycles. The second-order valence-corrected chi connectivity index (χ2v) is 19.6. The molecule has 6 atom stereocenters. The topological polar surface area (TPSA) is 132 Å². The average Bonchev–Trinajstić information content (AvgIpc) is 3.49. The number of carbonyl (C=O) groups is 3. The minimum absolute atomic E-state index is 0.0284. The van der Waals surface area contributed by atoms with Gasteiger partial charge in [-0.3, -0.25) is 18.9 Å². The molecule has 10 nitrogen and oxygen atoms in total. The molecule has 11 heteroatoms. The summed E-state index contributed by atoms with van der Waals surface area (Å²) < 4.78 is 32.8. The van der Waals surface area contributed by atoms with Gasteiger partial charge >= 0.3 is 5.97 Å². The molecular weight excluding hydrogens is 764 g/mol. The van der Waals surface area contributed by atoms with Crippen LogP contribution in [0.15, 0.2) is 97.1 Å². The second kappa shape index (κ2) is 17.8. The van der Waals surface area contributed by atoms with E-state index >= 15 is 0 Å². The zero-order chi connectivity index (χ0) is 41.0. The van der Waals surface area contributed by atoms with Crippen LogP contribution in [0, 0.1) is 11.8 Å². The first-order valence-electron chi connectivity index (χ1n) is 21.4. The Hall–Kier alpha value is -4.79. The summed E-state index contributed by atoms with van der Waals surface area (Å²) in [5.41, 5.74) is 3.03. The Morgan fingerprint density at radius 2 is 1.66 bits per heavy atom. The standard InChI is InChI=1S/C48H55N2O8P/c1-56-38-23-24-40-42(26-38)49-41(34-17-10-6-11-18-34)28-45(40)57-39-27-43-44(51)30-48(59(54,55)32-33-15-7-5-8-16-33)29-36(48)20-12-4-2-3-9-19-35(47(53)50(43)31-39)25-46(52)58-37-21-13-14-22-37/h5-8,10-12,15-18,20,23-24,26,28,35-37,39,43H,2-4,9,13-14,19,21-22,25,27,29-32H2,1H3,(H,54,55)/b20-12-/t35-,36-,39-,43+,48-/m1/s1. The van der Waals surface area contributed by atoms with Gasteiger partial charge in [-0.1, -0.05) is 85.7 Å². The van der Waals surface area contributed by atoms with Crippen molar-refractivity contribution in [2.24, 2.45) is 11.8 Å². The van der Waals surface area contributed by atoms with Crippen molar-refractivity contribution in [1.29, 1.82) is 0 Å². The molecule has 2 aliphatic carbocycles. The predicted octanol–water partition coefficient (Wildman–Crippen LogP) is 9.46. The van der Waals surface area contributed by atoms with Crippen molar-refractivity contribution in [3.8, 4) is 22.8 Å². The highest BCUT2D eigenvalue weighted by molar-refractivity contribution is 7.59. The number of hydrogen-bond donors (Lipinski definition) is 1. The smallest absolute Gasteiger partial charge is 0.306 e. The molecule has 2 aliphatic heterocycles. The van der Waals surface area contributed by atoms with Gasteiger partial charge in [0.25, 0.3) is 0 Å². The van der Waals surface area contributed by atoms with Crippen molar-refractivity contribution in [3.05, 3.63) is 103 Å². The number of methoxy groups -OCH3 is 1. The normalized spacial score (nSPS) is 26.8. The molecule has 3 heterocycles. The zero-order valence-corrected chi connectivity index (χ0v) is 34.8. The fourth-order valence-corrected chi connectivity index (χ4v) is 12.1. The summed E-state index contributed by atoms with van der Waals surface area (Å²) in [5, 5.41) is -0.367. The van der Waals surface area contributed by atoms with E-state index in [4.69, 9.17) is 19.2 Å². The third-order valence-corrected chi connectivity index (χ3v) is 15.8. The lowest BCUT2D eigenvalue weighted by Crippen LogP contribution is -2.45. The van der Waals surface area contributed by atoms with Gasteiger partial charge in [0.1, 0.15) is 23.7 Å². The monoisotopic (exact) mass is 818 g/mol. The molecule has 8 rings (SSSR count). The van der Waals surface area contributed by atoms with E-state index in [0.717, 1.165) is 67.9 Å². The summed E-state index contributed by atoms with van der Waals surface area (Å²) in [4.78, 5) is 61.6. The summed E-state index contributed by atoms with van der Waals surface area (Å²) in [7, 11) is -2.31. The third-order valence-electron chi connectivity index (χ3n) is 12.9. The first-order chi connectivity index (χ1) is 28.6. The van der Waals surface area contributed by atoms with Crippen LogP contribution in [0.5, 0.6) is 11.5 Å². The van der Waals surface area contributed by atoms with E-state index in [-0.39, 0.29) is 61.7 Å². The van der Waals surface area contributed by atoms with Crippen molar-refractivity contribution in [3.63, 3.8) is 0 Å². The SMILES string of the molecule is COc1ccc2c(O[C@@H]3C[C@H]4C(=O)C[C@]5(P(=O)(O)Cc6ccccc6)C[C@H]5/C=C\CCCCC[C@H](CC(=O)OC5CCCC5)C(=O)N4C3)cc(-c3ccccc3)nc2c1. The molecular formula is C48H55N2O8P. The first kappa shape index (κ1) is 41.0. The number of aromatic nitrogens is 1. The number of carbonyl (C=O) groups excluding carboxylic acids is 3. The van der Waals surface area contributed by atoms with Crippen molar-refractivity contribution < 1.29 is 38.1 Å². The molecule has 1 unspecified atom stereocenters. The largest absolute Gasteiger partial charge is 0.497 e. The Morgan fingerprint density at radius 3 is 2.42 bits per heavy atom. The highest BCUT2D eigenvalue weighted by atomic mass is 31.2. The Kier molecular flexibility index (Phi) is 12.4. The third kappa shape index (κ3) is 9.19. The minimum atomic E-state index is -3.92. The van der Waals surface area contributed by atoms with Gasteiger partial charge in [0, 0.05) is 41.8 Å². The number of ketones is 1. The van der Waals surface area contributed by atoms with Crippen LogP contribution in [0.4, 0.5) is 0 Å². The molecule has 0 spiro atoms. The van der Waals surface area contributed by atoms with Crippen LogP contribution in [-0.4, -0.2) is 69.5 Å². The van der Waals surface area contributed by atoms with E-state index in [1.54, 1.807) is 12.0 Å². The minimum Gasteiger partial charge on any atom is -0.497 e. The van der Waals surface area contributed by atoms with E-state index < -0.39 is 30.6 Å². The molecule has 310 valence electrons. The van der Waals surface area contributed by atoms with Gasteiger partial charge < -0.3 is 24.0 Å². The van der Waals surface area contributed by atoms with Crippen LogP contribution in [0.1, 0.15) is 89.0 Å². The van der Waals surface area contributed by atoms with Crippen LogP contribution in [0.2, 0.25) is 0 Å². The molecule has 1 N–H and O–H groups in total. The number of esters is 1. The molecule has 3 fully saturated rings. The second-order valence-electron chi connectivity index (χ2n) is 17.0. The number of Topliss-reactive ketones (excluding diaryl/α,β-unsaturated/α-hetero) is 1. The van der Waals surface area contributed by atoms with Crippen LogP contribution >= 0.6 is 7.37 Å². The van der Waals surface area contributed by atoms with Gasteiger partial charge in [0.05, 0.1) is 48.6 Å². The lowest BCUT2D eigenvalue weighted by molar-refractivity contribution is -0.154. The van der Waals surface area contributed by atoms with E-state index in [0.29, 0.717) is 35.6 Å². The predicted molar refractivity (Wildman–Crippen MR) is 227 cm³/mol. The zero-order valence-electron chi connectivity index (χ0n) is 33.9. The number of rotatable bonds is 10. The lowest BCUT2D eigenvalue weighted by atomic mass is 9.94.